The van der Waals surface area contributed by atoms with Gasteiger partial charge in [0.05, 0.1) is 24.6 Å². The van der Waals surface area contributed by atoms with Crippen molar-refractivity contribution in [3.63, 3.8) is 0 Å². The number of benzene rings is 1. The Morgan fingerprint density at radius 3 is 2.69 bits per heavy atom. The number of hydrogen-bond acceptors (Lipinski definition) is 9. The fraction of sp³-hybridized carbons (Fsp3) is 0.200. The van der Waals surface area contributed by atoms with Crippen LogP contribution in [0.4, 0.5) is 14.9 Å². The first kappa shape index (κ1) is 22.5. The van der Waals surface area contributed by atoms with Crippen LogP contribution in [0.25, 0.3) is 16.9 Å². The predicted octanol–water partition coefficient (Wildman–Crippen LogP) is 1.47. The van der Waals surface area contributed by atoms with Gasteiger partial charge in [-0.15, -0.1) is 4.80 Å². The Bertz CT molecular complexity index is 1100. The van der Waals surface area contributed by atoms with Crippen LogP contribution in [0.2, 0.25) is 0 Å². The van der Waals surface area contributed by atoms with E-state index < -0.39 is 11.9 Å². The van der Waals surface area contributed by atoms with Crippen molar-refractivity contribution in [2.75, 3.05) is 24.7 Å². The molecule has 12 heteroatoms. The van der Waals surface area contributed by atoms with E-state index in [1.54, 1.807) is 42.9 Å². The summed E-state index contributed by atoms with van der Waals surface area (Å²) in [6.45, 7) is 3.94. The number of carbonyl (C=O) groups excluding carboxylic acids is 1. The van der Waals surface area contributed by atoms with Crippen LogP contribution in [0.1, 0.15) is 0 Å². The molecule has 4 rings (SSSR count). The van der Waals surface area contributed by atoms with Crippen LogP contribution in [-0.2, 0) is 4.74 Å². The second-order valence-electron chi connectivity index (χ2n) is 6.42. The van der Waals surface area contributed by atoms with Gasteiger partial charge in [0.25, 0.3) is 0 Å². The van der Waals surface area contributed by atoms with Crippen LogP contribution in [0, 0.1) is 17.3 Å². The number of nitrogens with zero attached hydrogens (tertiary/aromatic N) is 7. The highest BCUT2D eigenvalue weighted by Gasteiger charge is 2.32. The summed E-state index contributed by atoms with van der Waals surface area (Å²) >= 11 is 0. The Balaban J connectivity index is 0.000000668. The maximum Gasteiger partial charge on any atom is 0.414 e. The lowest BCUT2D eigenvalue weighted by molar-refractivity contribution is 0.140. The minimum absolute atomic E-state index is 0.292. The molecule has 2 aromatic heterocycles. The SMILES string of the molecule is C=NC#N.NCNCC1CN(c2ccc(-c3ccc(-n4nccn4)nc3)c(F)c2)C(=O)O1. The first-order valence-corrected chi connectivity index (χ1v) is 9.43. The standard InChI is InChI=1S/C18H18FN7O2.C2H2N2/c19-16-7-13(25-10-14(9-21-11-20)28-18(25)27)2-3-15(16)12-1-4-17(22-8-12)26-23-5-6-24-26;1-4-2-3/h1-8,14,21H,9-11,20H2;1H2. The number of nitrogens with two attached hydrogens (primary N) is 1. The van der Waals surface area contributed by atoms with Crippen molar-refractivity contribution in [2.45, 2.75) is 6.10 Å². The summed E-state index contributed by atoms with van der Waals surface area (Å²) in [6, 6.07) is 8.06. The number of pyridine rings is 1. The van der Waals surface area contributed by atoms with Crippen LogP contribution < -0.4 is 16.0 Å². The van der Waals surface area contributed by atoms with E-state index in [1.165, 1.54) is 22.0 Å². The van der Waals surface area contributed by atoms with Gasteiger partial charge in [-0.25, -0.2) is 14.2 Å². The number of anilines is 1. The minimum atomic E-state index is -0.506. The molecule has 1 atom stereocenters. The normalized spacial score (nSPS) is 14.8. The van der Waals surface area contributed by atoms with Crippen molar-refractivity contribution >= 4 is 18.5 Å². The number of nitriles is 1. The summed E-state index contributed by atoms with van der Waals surface area (Å²) in [4.78, 5) is 21.9. The van der Waals surface area contributed by atoms with E-state index in [4.69, 9.17) is 15.7 Å². The van der Waals surface area contributed by atoms with Gasteiger partial charge < -0.3 is 15.8 Å². The van der Waals surface area contributed by atoms with E-state index in [-0.39, 0.29) is 6.10 Å². The molecule has 0 aliphatic carbocycles. The third-order valence-corrected chi connectivity index (χ3v) is 4.41. The van der Waals surface area contributed by atoms with Gasteiger partial charge in [-0.2, -0.15) is 20.5 Å². The molecule has 0 saturated carbocycles. The number of amides is 1. The van der Waals surface area contributed by atoms with Crippen LogP contribution in [0.3, 0.4) is 0 Å². The monoisotopic (exact) mass is 437 g/mol. The summed E-state index contributed by atoms with van der Waals surface area (Å²) < 4.78 is 20.0. The van der Waals surface area contributed by atoms with E-state index in [1.807, 2.05) is 0 Å². The summed E-state index contributed by atoms with van der Waals surface area (Å²) in [5.41, 5.74) is 6.81. The maximum atomic E-state index is 14.7. The van der Waals surface area contributed by atoms with Gasteiger partial charge in [-0.3, -0.25) is 4.90 Å². The molecule has 32 heavy (non-hydrogen) atoms. The number of cyclic esters (lactones) is 1. The van der Waals surface area contributed by atoms with Crippen molar-refractivity contribution in [1.82, 2.24) is 25.3 Å². The summed E-state index contributed by atoms with van der Waals surface area (Å²) in [5.74, 6) is 0.0725. The number of halogens is 1. The summed E-state index contributed by atoms with van der Waals surface area (Å²) in [7, 11) is 0. The van der Waals surface area contributed by atoms with Gasteiger partial charge in [0.1, 0.15) is 11.9 Å². The smallest absolute Gasteiger partial charge is 0.414 e. The topological polar surface area (TPSA) is 147 Å². The largest absolute Gasteiger partial charge is 0.443 e. The average molecular weight is 437 g/mol. The number of aliphatic imine (C=N–C) groups is 1. The number of aromatic nitrogens is 4. The molecule has 0 bridgehead atoms. The molecule has 11 nitrogen and oxygen atoms in total. The Hall–Kier alpha value is -4.21. The summed E-state index contributed by atoms with van der Waals surface area (Å²) in [5, 5.41) is 18.3. The predicted molar refractivity (Wildman–Crippen MR) is 114 cm³/mol. The van der Waals surface area contributed by atoms with Gasteiger partial charge in [-0.05, 0) is 30.3 Å². The zero-order valence-electron chi connectivity index (χ0n) is 16.9. The number of ether oxygens (including phenoxy) is 1. The quantitative estimate of drug-likeness (QED) is 0.335. The third kappa shape index (κ3) is 5.28. The molecule has 1 aromatic carbocycles. The first-order chi connectivity index (χ1) is 15.6. The second-order valence-corrected chi connectivity index (χ2v) is 6.42. The molecule has 1 aliphatic rings. The third-order valence-electron chi connectivity index (χ3n) is 4.41. The summed E-state index contributed by atoms with van der Waals surface area (Å²) in [6.07, 6.45) is 5.26. The minimum Gasteiger partial charge on any atom is -0.443 e. The Kier molecular flexibility index (Phi) is 7.52. The van der Waals surface area contributed by atoms with E-state index >= 15 is 0 Å². The molecule has 3 aromatic rings. The Morgan fingerprint density at radius 1 is 1.34 bits per heavy atom. The van der Waals surface area contributed by atoms with Crippen LogP contribution in [0.5, 0.6) is 0 Å². The molecular weight excluding hydrogens is 417 g/mol. The van der Waals surface area contributed by atoms with Gasteiger partial charge >= 0.3 is 6.09 Å². The highest BCUT2D eigenvalue weighted by atomic mass is 19.1. The lowest BCUT2D eigenvalue weighted by Crippen LogP contribution is -2.33. The maximum absolute atomic E-state index is 14.7. The van der Waals surface area contributed by atoms with E-state index in [0.29, 0.717) is 42.4 Å². The van der Waals surface area contributed by atoms with Crippen molar-refractivity contribution in [3.8, 4) is 23.1 Å². The Labute approximate surface area is 182 Å². The number of rotatable bonds is 6. The second kappa shape index (κ2) is 10.7. The molecule has 1 amide bonds. The molecule has 1 unspecified atom stereocenters. The van der Waals surface area contributed by atoms with E-state index in [2.05, 4.69) is 32.2 Å². The van der Waals surface area contributed by atoms with Gasteiger partial charge in [0.2, 0.25) is 6.19 Å². The number of nitrogens with one attached hydrogen (secondary N) is 1. The molecule has 1 fully saturated rings. The first-order valence-electron chi connectivity index (χ1n) is 9.43. The lowest BCUT2D eigenvalue weighted by Gasteiger charge is -2.14. The van der Waals surface area contributed by atoms with Gasteiger partial charge in [0.15, 0.2) is 5.82 Å². The fourth-order valence-corrected chi connectivity index (χ4v) is 2.99. The number of hydrogen-bond donors (Lipinski definition) is 2. The zero-order chi connectivity index (χ0) is 22.9. The van der Waals surface area contributed by atoms with Crippen molar-refractivity contribution in [1.29, 1.82) is 5.26 Å². The molecule has 0 radical (unpaired) electrons. The molecule has 3 heterocycles. The lowest BCUT2D eigenvalue weighted by atomic mass is 10.1. The van der Waals surface area contributed by atoms with E-state index in [0.717, 1.165) is 0 Å². The molecule has 3 N–H and O–H groups in total. The molecule has 1 saturated heterocycles. The van der Waals surface area contributed by atoms with Gasteiger partial charge in [0, 0.05) is 37.3 Å². The average Bonchev–Trinajstić information content (AvgIpc) is 3.48. The highest BCUT2D eigenvalue weighted by molar-refractivity contribution is 5.90. The number of carbonyl (C=O) groups is 1. The molecule has 164 valence electrons. The van der Waals surface area contributed by atoms with Crippen molar-refractivity contribution in [2.24, 2.45) is 10.7 Å². The van der Waals surface area contributed by atoms with Crippen LogP contribution in [0.15, 0.2) is 53.9 Å². The van der Waals surface area contributed by atoms with E-state index in [9.17, 15) is 9.18 Å². The zero-order valence-corrected chi connectivity index (χ0v) is 16.9. The molecule has 1 aliphatic heterocycles. The van der Waals surface area contributed by atoms with Crippen LogP contribution in [-0.4, -0.2) is 58.7 Å². The van der Waals surface area contributed by atoms with Crippen molar-refractivity contribution in [3.05, 3.63) is 54.7 Å². The molecular formula is C20H20FN9O2. The highest BCUT2D eigenvalue weighted by Crippen LogP contribution is 2.29. The molecule has 0 spiro atoms. The van der Waals surface area contributed by atoms with Gasteiger partial charge in [-0.1, -0.05) is 0 Å². The Morgan fingerprint density at radius 2 is 2.09 bits per heavy atom. The van der Waals surface area contributed by atoms with Crippen LogP contribution >= 0.6 is 0 Å². The van der Waals surface area contributed by atoms with Crippen molar-refractivity contribution < 1.29 is 13.9 Å². The fourth-order valence-electron chi connectivity index (χ4n) is 2.99.